The normalized spacial score (nSPS) is 12.3. The van der Waals surface area contributed by atoms with Crippen LogP contribution < -0.4 is 0 Å². The van der Waals surface area contributed by atoms with E-state index in [1.165, 1.54) is 91.8 Å². The summed E-state index contributed by atoms with van der Waals surface area (Å²) in [5.41, 5.74) is 11.5. The first kappa shape index (κ1) is 22.5. The lowest BCUT2D eigenvalue weighted by Crippen LogP contribution is -1.97. The molecule has 0 fully saturated rings. The third kappa shape index (κ3) is 2.87. The Bertz CT molecular complexity index is 2550. The molecule has 0 unspecified atom stereocenters. The monoisotopic (exact) mass is 549 g/mol. The van der Waals surface area contributed by atoms with Gasteiger partial charge in [0.25, 0.3) is 0 Å². The van der Waals surface area contributed by atoms with E-state index in [4.69, 9.17) is 0 Å². The van der Waals surface area contributed by atoms with Crippen LogP contribution in [0.2, 0.25) is 0 Å². The van der Waals surface area contributed by atoms with Crippen molar-refractivity contribution in [1.82, 2.24) is 4.57 Å². The van der Waals surface area contributed by atoms with Gasteiger partial charge in [0, 0.05) is 36.5 Å². The van der Waals surface area contributed by atoms with Crippen LogP contribution in [0.3, 0.4) is 0 Å². The number of hydrogen-bond donors (Lipinski definition) is 0. The third-order valence-corrected chi connectivity index (χ3v) is 10.3. The van der Waals surface area contributed by atoms with Crippen LogP contribution in [-0.2, 0) is 0 Å². The number of fused-ring (bicyclic) bond motifs is 9. The molecule has 2 heteroatoms. The molecular formula is C40H23NS. The molecule has 1 aliphatic rings. The van der Waals surface area contributed by atoms with E-state index < -0.39 is 0 Å². The third-order valence-electron chi connectivity index (χ3n) is 9.15. The zero-order valence-electron chi connectivity index (χ0n) is 22.6. The second kappa shape index (κ2) is 8.19. The number of rotatable bonds is 2. The maximum atomic E-state index is 2.49. The summed E-state index contributed by atoms with van der Waals surface area (Å²) in [4.78, 5) is 0. The van der Waals surface area contributed by atoms with Gasteiger partial charge in [0.05, 0.1) is 16.7 Å². The van der Waals surface area contributed by atoms with Gasteiger partial charge in [-0.3, -0.25) is 0 Å². The van der Waals surface area contributed by atoms with Gasteiger partial charge in [-0.15, -0.1) is 11.3 Å². The van der Waals surface area contributed by atoms with Crippen molar-refractivity contribution in [2.45, 2.75) is 0 Å². The largest absolute Gasteiger partial charge is 0.309 e. The lowest BCUT2D eigenvalue weighted by atomic mass is 9.93. The van der Waals surface area contributed by atoms with E-state index in [0.29, 0.717) is 0 Å². The van der Waals surface area contributed by atoms with Crippen LogP contribution in [0.15, 0.2) is 140 Å². The van der Waals surface area contributed by atoms with Crippen molar-refractivity contribution in [3.8, 4) is 39.1 Å². The van der Waals surface area contributed by atoms with Gasteiger partial charge in [-0.1, -0.05) is 109 Å². The highest BCUT2D eigenvalue weighted by atomic mass is 32.1. The van der Waals surface area contributed by atoms with E-state index in [2.05, 4.69) is 144 Å². The predicted molar refractivity (Wildman–Crippen MR) is 181 cm³/mol. The fourth-order valence-electron chi connectivity index (χ4n) is 7.39. The lowest BCUT2D eigenvalue weighted by Gasteiger charge is -2.16. The minimum Gasteiger partial charge on any atom is -0.309 e. The summed E-state index contributed by atoms with van der Waals surface area (Å²) in [5, 5.41) is 7.91. The molecule has 2 heterocycles. The first-order valence-electron chi connectivity index (χ1n) is 14.4. The van der Waals surface area contributed by atoms with E-state index in [9.17, 15) is 0 Å². The molecule has 42 heavy (non-hydrogen) atoms. The molecule has 1 aliphatic carbocycles. The Kier molecular flexibility index (Phi) is 4.39. The van der Waals surface area contributed by atoms with E-state index >= 15 is 0 Å². The van der Waals surface area contributed by atoms with Gasteiger partial charge < -0.3 is 4.57 Å². The molecule has 0 N–H and O–H groups in total. The molecule has 0 aliphatic heterocycles. The predicted octanol–water partition coefficient (Wildman–Crippen LogP) is 11.6. The van der Waals surface area contributed by atoms with Crippen LogP contribution >= 0.6 is 11.3 Å². The summed E-state index contributed by atoms with van der Waals surface area (Å²) >= 11 is 1.89. The zero-order valence-corrected chi connectivity index (χ0v) is 23.5. The average Bonchev–Trinajstić information content (AvgIpc) is 3.69. The molecule has 0 amide bonds. The number of para-hydroxylation sites is 2. The van der Waals surface area contributed by atoms with Crippen LogP contribution in [-0.4, -0.2) is 4.57 Å². The molecule has 10 rings (SSSR count). The summed E-state index contributed by atoms with van der Waals surface area (Å²) in [6, 6.07) is 51.7. The number of nitrogens with zero attached hydrogens (tertiary/aromatic N) is 1. The minimum absolute atomic E-state index is 1.21. The average molecular weight is 550 g/mol. The van der Waals surface area contributed by atoms with Crippen LogP contribution in [0.4, 0.5) is 0 Å². The number of benzene rings is 7. The second-order valence-electron chi connectivity index (χ2n) is 11.3. The topological polar surface area (TPSA) is 4.93 Å². The summed E-state index contributed by atoms with van der Waals surface area (Å²) in [6.07, 6.45) is 0. The Morgan fingerprint density at radius 1 is 0.357 bits per heavy atom. The molecule has 0 saturated heterocycles. The molecule has 2 aromatic heterocycles. The van der Waals surface area contributed by atoms with Crippen molar-refractivity contribution in [1.29, 1.82) is 0 Å². The Labute approximate surface area is 246 Å². The molecular weight excluding hydrogens is 527 g/mol. The zero-order chi connectivity index (χ0) is 27.4. The molecule has 0 bridgehead atoms. The van der Waals surface area contributed by atoms with E-state index in [-0.39, 0.29) is 0 Å². The standard InChI is InChI=1S/C40H23NS/c1-2-11-25-24(10-1)30-15-9-16-31-26(20-21-32(25)40(30)31)27-12-3-6-17-35(27)41-36-18-7-4-13-28(36)33-23-39-34(22-37(33)41)29-14-5-8-19-38(29)42-39/h1-23H. The van der Waals surface area contributed by atoms with Crippen LogP contribution in [0, 0.1) is 0 Å². The summed E-state index contributed by atoms with van der Waals surface area (Å²) < 4.78 is 5.17. The summed E-state index contributed by atoms with van der Waals surface area (Å²) in [7, 11) is 0. The van der Waals surface area contributed by atoms with Crippen LogP contribution in [0.5, 0.6) is 0 Å². The quantitative estimate of drug-likeness (QED) is 0.202. The molecule has 0 saturated carbocycles. The van der Waals surface area contributed by atoms with E-state index in [1.807, 2.05) is 11.3 Å². The van der Waals surface area contributed by atoms with Crippen molar-refractivity contribution in [2.24, 2.45) is 0 Å². The first-order chi connectivity index (χ1) is 20.8. The van der Waals surface area contributed by atoms with Gasteiger partial charge in [-0.25, -0.2) is 0 Å². The van der Waals surface area contributed by atoms with E-state index in [1.54, 1.807) is 0 Å². The minimum atomic E-state index is 1.21. The molecule has 9 aromatic rings. The van der Waals surface area contributed by atoms with Crippen molar-refractivity contribution in [3.05, 3.63) is 140 Å². The molecule has 1 nitrogen and oxygen atoms in total. The van der Waals surface area contributed by atoms with E-state index in [0.717, 1.165) is 0 Å². The second-order valence-corrected chi connectivity index (χ2v) is 12.4. The van der Waals surface area contributed by atoms with Crippen molar-refractivity contribution in [3.63, 3.8) is 0 Å². The smallest absolute Gasteiger partial charge is 0.0548 e. The highest BCUT2D eigenvalue weighted by Crippen LogP contribution is 2.50. The molecule has 7 aromatic carbocycles. The van der Waals surface area contributed by atoms with Crippen LogP contribution in [0.25, 0.3) is 91.8 Å². The van der Waals surface area contributed by atoms with Gasteiger partial charge in [0.15, 0.2) is 0 Å². The number of thiophene rings is 1. The Balaban J connectivity index is 1.31. The SMILES string of the molecule is c1ccc2c(c1)-c1cccc3c(-c4ccccc4-n4c5ccccc5c5cc6sc7ccccc7c6cc54)ccc-2c13. The Morgan fingerprint density at radius 2 is 1.00 bits per heavy atom. The van der Waals surface area contributed by atoms with Crippen molar-refractivity contribution < 1.29 is 0 Å². The Morgan fingerprint density at radius 3 is 1.88 bits per heavy atom. The molecule has 0 atom stereocenters. The van der Waals surface area contributed by atoms with Gasteiger partial charge in [-0.05, 0) is 68.9 Å². The highest BCUT2D eigenvalue weighted by Gasteiger charge is 2.24. The fourth-order valence-corrected chi connectivity index (χ4v) is 8.51. The summed E-state index contributed by atoms with van der Waals surface area (Å²) in [6.45, 7) is 0. The molecule has 0 radical (unpaired) electrons. The summed E-state index contributed by atoms with van der Waals surface area (Å²) in [5.74, 6) is 0. The van der Waals surface area contributed by atoms with Gasteiger partial charge >= 0.3 is 0 Å². The van der Waals surface area contributed by atoms with Crippen molar-refractivity contribution >= 4 is 64.1 Å². The van der Waals surface area contributed by atoms with Gasteiger partial charge in [0.2, 0.25) is 0 Å². The van der Waals surface area contributed by atoms with Gasteiger partial charge in [-0.2, -0.15) is 0 Å². The highest BCUT2D eigenvalue weighted by molar-refractivity contribution is 7.25. The number of aromatic nitrogens is 1. The van der Waals surface area contributed by atoms with Gasteiger partial charge in [0.1, 0.15) is 0 Å². The molecule has 0 spiro atoms. The molecule has 194 valence electrons. The van der Waals surface area contributed by atoms with Crippen LogP contribution in [0.1, 0.15) is 0 Å². The number of hydrogen-bond acceptors (Lipinski definition) is 1. The maximum Gasteiger partial charge on any atom is 0.0548 e. The van der Waals surface area contributed by atoms with Crippen molar-refractivity contribution in [2.75, 3.05) is 0 Å². The Hall–Kier alpha value is -5.18. The fraction of sp³-hybridized carbons (Fsp3) is 0. The lowest BCUT2D eigenvalue weighted by molar-refractivity contribution is 1.18. The first-order valence-corrected chi connectivity index (χ1v) is 15.3. The maximum absolute atomic E-state index is 2.49.